The normalized spacial score (nSPS) is 14.1. The number of anilines is 1. The Bertz CT molecular complexity index is 529. The zero-order valence-electron chi connectivity index (χ0n) is 7.70. The van der Waals surface area contributed by atoms with E-state index in [0.717, 1.165) is 16.1 Å². The number of Topliss-reactive ketones (excluding diaryl/α,β-unsaturated/α-hetero) is 2. The molecule has 70 valence electrons. The zero-order valence-corrected chi connectivity index (χ0v) is 7.70. The maximum atomic E-state index is 11.1. The fourth-order valence-corrected chi connectivity index (χ4v) is 1.41. The Labute approximate surface area is 80.7 Å². The fourth-order valence-electron chi connectivity index (χ4n) is 1.41. The Balaban J connectivity index is 2.74. The van der Waals surface area contributed by atoms with E-state index in [1.54, 1.807) is 7.05 Å². The van der Waals surface area contributed by atoms with Crippen LogP contribution in [0.5, 0.6) is 0 Å². The summed E-state index contributed by atoms with van der Waals surface area (Å²) in [5, 5.41) is 4.57. The molecule has 14 heavy (non-hydrogen) atoms. The summed E-state index contributed by atoms with van der Waals surface area (Å²) in [6.07, 6.45) is 2.75. The minimum atomic E-state index is -0.453. The Kier molecular flexibility index (Phi) is 1.93. The van der Waals surface area contributed by atoms with E-state index in [9.17, 15) is 9.59 Å². The van der Waals surface area contributed by atoms with E-state index in [0.29, 0.717) is 0 Å². The highest BCUT2D eigenvalue weighted by molar-refractivity contribution is 6.57. The second-order valence-electron chi connectivity index (χ2n) is 3.11. The molecular weight excluding hydrogens is 178 g/mol. The number of benzene rings is 1. The third-order valence-electron chi connectivity index (χ3n) is 2.19. The van der Waals surface area contributed by atoms with Crippen molar-refractivity contribution < 1.29 is 9.59 Å². The molecular formula is C11H9NO2. The predicted molar refractivity (Wildman–Crippen MR) is 54.2 cm³/mol. The average molecular weight is 187 g/mol. The first-order chi connectivity index (χ1) is 6.70. The maximum Gasteiger partial charge on any atom is 0.226 e. The highest BCUT2D eigenvalue weighted by Gasteiger charge is 2.11. The summed E-state index contributed by atoms with van der Waals surface area (Å²) in [5.41, 5.74) is 0.926. The Morgan fingerprint density at radius 1 is 1.00 bits per heavy atom. The summed E-state index contributed by atoms with van der Waals surface area (Å²) in [7, 11) is 1.81. The minimum absolute atomic E-state index is 0.449. The standard InChI is InChI=1S/C11H9NO2/c1-12-9-3-2-7-5-10(13)11(14)6-8(7)4-9/h2-6,12H,1H3. The lowest BCUT2D eigenvalue weighted by molar-refractivity contribution is -0.129. The molecule has 2 rings (SSSR count). The maximum absolute atomic E-state index is 11.1. The largest absolute Gasteiger partial charge is 0.388 e. The number of hydrogen-bond donors (Lipinski definition) is 1. The van der Waals surface area contributed by atoms with Crippen LogP contribution in [0.3, 0.4) is 0 Å². The summed E-state index contributed by atoms with van der Waals surface area (Å²) in [6, 6.07) is 5.53. The van der Waals surface area contributed by atoms with E-state index < -0.39 is 11.6 Å². The molecule has 0 atom stereocenters. The summed E-state index contributed by atoms with van der Waals surface area (Å²) in [6.45, 7) is 0. The highest BCUT2D eigenvalue weighted by atomic mass is 16.2. The first-order valence-corrected chi connectivity index (χ1v) is 4.30. The van der Waals surface area contributed by atoms with Crippen LogP contribution in [0.2, 0.25) is 0 Å². The molecule has 0 unspecified atom stereocenters. The van der Waals surface area contributed by atoms with Gasteiger partial charge in [-0.25, -0.2) is 0 Å². The lowest BCUT2D eigenvalue weighted by Crippen LogP contribution is -2.33. The van der Waals surface area contributed by atoms with Crippen molar-refractivity contribution in [3.8, 4) is 0 Å². The fraction of sp³-hybridized carbons (Fsp3) is 0.0909. The SMILES string of the molecule is CNc1ccc2c(c1)=CC(=O)C(=O)C=2. The van der Waals surface area contributed by atoms with Gasteiger partial charge in [0.1, 0.15) is 0 Å². The average Bonchev–Trinajstić information content (AvgIpc) is 2.19. The van der Waals surface area contributed by atoms with E-state index in [2.05, 4.69) is 5.32 Å². The van der Waals surface area contributed by atoms with E-state index in [-0.39, 0.29) is 0 Å². The van der Waals surface area contributed by atoms with Crippen molar-refractivity contribution in [1.29, 1.82) is 0 Å². The highest BCUT2D eigenvalue weighted by Crippen LogP contribution is 1.98. The molecule has 0 fully saturated rings. The van der Waals surface area contributed by atoms with Crippen molar-refractivity contribution in [2.45, 2.75) is 0 Å². The van der Waals surface area contributed by atoms with Crippen molar-refractivity contribution >= 4 is 29.4 Å². The van der Waals surface area contributed by atoms with Gasteiger partial charge in [-0.15, -0.1) is 0 Å². The third-order valence-corrected chi connectivity index (χ3v) is 2.19. The van der Waals surface area contributed by atoms with Gasteiger partial charge in [-0.1, -0.05) is 6.07 Å². The van der Waals surface area contributed by atoms with E-state index in [1.165, 1.54) is 12.2 Å². The van der Waals surface area contributed by atoms with Gasteiger partial charge < -0.3 is 5.32 Å². The number of fused-ring (bicyclic) bond motifs is 1. The lowest BCUT2D eigenvalue weighted by atomic mass is 10.1. The summed E-state index contributed by atoms with van der Waals surface area (Å²) >= 11 is 0. The Morgan fingerprint density at radius 3 is 2.29 bits per heavy atom. The molecule has 0 radical (unpaired) electrons. The van der Waals surface area contributed by atoms with Gasteiger partial charge in [0.15, 0.2) is 0 Å². The van der Waals surface area contributed by atoms with Crippen LogP contribution in [0.25, 0.3) is 12.2 Å². The van der Waals surface area contributed by atoms with Gasteiger partial charge in [0.25, 0.3) is 0 Å². The summed E-state index contributed by atoms with van der Waals surface area (Å²) in [5.74, 6) is -0.902. The van der Waals surface area contributed by atoms with Gasteiger partial charge in [0.05, 0.1) is 0 Å². The first kappa shape index (κ1) is 8.69. The quantitative estimate of drug-likeness (QED) is 0.599. The number of carbonyl (C=O) groups is 2. The van der Waals surface area contributed by atoms with Crippen molar-refractivity contribution in [1.82, 2.24) is 0 Å². The Morgan fingerprint density at radius 2 is 1.64 bits per heavy atom. The van der Waals surface area contributed by atoms with Gasteiger partial charge in [0, 0.05) is 12.7 Å². The van der Waals surface area contributed by atoms with Crippen LogP contribution in [0.15, 0.2) is 18.2 Å². The van der Waals surface area contributed by atoms with Gasteiger partial charge in [0.2, 0.25) is 11.6 Å². The minimum Gasteiger partial charge on any atom is -0.388 e. The molecule has 0 saturated carbocycles. The molecule has 0 heterocycles. The molecule has 0 amide bonds. The summed E-state index contributed by atoms with van der Waals surface area (Å²) < 4.78 is 0. The number of rotatable bonds is 1. The van der Waals surface area contributed by atoms with E-state index >= 15 is 0 Å². The van der Waals surface area contributed by atoms with Crippen molar-refractivity contribution in [2.75, 3.05) is 12.4 Å². The monoisotopic (exact) mass is 187 g/mol. The second kappa shape index (κ2) is 3.10. The second-order valence-corrected chi connectivity index (χ2v) is 3.11. The van der Waals surface area contributed by atoms with Crippen molar-refractivity contribution in [3.05, 3.63) is 28.6 Å². The van der Waals surface area contributed by atoms with Crippen LogP contribution in [-0.2, 0) is 9.59 Å². The molecule has 1 N–H and O–H groups in total. The topological polar surface area (TPSA) is 46.2 Å². The van der Waals surface area contributed by atoms with Gasteiger partial charge in [-0.05, 0) is 34.7 Å². The number of ketones is 2. The van der Waals surface area contributed by atoms with Crippen LogP contribution in [-0.4, -0.2) is 18.6 Å². The van der Waals surface area contributed by atoms with Crippen LogP contribution in [0.4, 0.5) is 5.69 Å². The molecule has 1 aromatic rings. The van der Waals surface area contributed by atoms with Crippen LogP contribution in [0, 0.1) is 0 Å². The van der Waals surface area contributed by atoms with Crippen molar-refractivity contribution in [3.63, 3.8) is 0 Å². The van der Waals surface area contributed by atoms with E-state index in [4.69, 9.17) is 0 Å². The molecule has 0 saturated heterocycles. The van der Waals surface area contributed by atoms with Gasteiger partial charge >= 0.3 is 0 Å². The number of nitrogens with one attached hydrogen (secondary N) is 1. The molecule has 0 aromatic heterocycles. The lowest BCUT2D eigenvalue weighted by Gasteiger charge is -2.02. The molecule has 1 aliphatic rings. The predicted octanol–water partition coefficient (Wildman–Crippen LogP) is -0.559. The smallest absolute Gasteiger partial charge is 0.226 e. The molecule has 3 nitrogen and oxygen atoms in total. The molecule has 0 bridgehead atoms. The summed E-state index contributed by atoms with van der Waals surface area (Å²) in [4.78, 5) is 22.2. The molecule has 1 aliphatic carbocycles. The van der Waals surface area contributed by atoms with Crippen LogP contribution in [0.1, 0.15) is 0 Å². The first-order valence-electron chi connectivity index (χ1n) is 4.30. The third kappa shape index (κ3) is 1.33. The molecule has 3 heteroatoms. The Hall–Kier alpha value is -1.90. The van der Waals surface area contributed by atoms with Crippen LogP contribution < -0.4 is 15.8 Å². The molecule has 0 aliphatic heterocycles. The molecule has 0 spiro atoms. The number of hydrogen-bond acceptors (Lipinski definition) is 3. The van der Waals surface area contributed by atoms with Crippen molar-refractivity contribution in [2.24, 2.45) is 0 Å². The van der Waals surface area contributed by atoms with Gasteiger partial charge in [-0.3, -0.25) is 9.59 Å². The van der Waals surface area contributed by atoms with Gasteiger partial charge in [-0.2, -0.15) is 0 Å². The zero-order chi connectivity index (χ0) is 10.1. The van der Waals surface area contributed by atoms with E-state index in [1.807, 2.05) is 18.2 Å². The van der Waals surface area contributed by atoms with Crippen LogP contribution >= 0.6 is 0 Å². The molecule has 1 aromatic carbocycles. The number of carbonyl (C=O) groups excluding carboxylic acids is 2.